The third kappa shape index (κ3) is 3.79. The standard InChI is InChI=1S/C14H20N2O3/c1-14(2,3)11(15)12(17)16-10-8-6-5-7-9(10)13(18)19-4/h5-8,11H,15H2,1-4H3,(H,16,17)/t11-/m0/s1. The van der Waals surface area contributed by atoms with Gasteiger partial charge in [0, 0.05) is 0 Å². The molecule has 0 aromatic heterocycles. The highest BCUT2D eigenvalue weighted by Crippen LogP contribution is 2.21. The van der Waals surface area contributed by atoms with Crippen molar-refractivity contribution in [3.63, 3.8) is 0 Å². The maximum atomic E-state index is 12.0. The van der Waals surface area contributed by atoms with Crippen molar-refractivity contribution < 1.29 is 14.3 Å². The van der Waals surface area contributed by atoms with E-state index in [1.54, 1.807) is 24.3 Å². The molecule has 19 heavy (non-hydrogen) atoms. The number of methoxy groups -OCH3 is 1. The van der Waals surface area contributed by atoms with Gasteiger partial charge in [0.15, 0.2) is 0 Å². The molecule has 3 N–H and O–H groups in total. The monoisotopic (exact) mass is 264 g/mol. The third-order valence-corrected chi connectivity index (χ3v) is 2.81. The van der Waals surface area contributed by atoms with Gasteiger partial charge in [0.05, 0.1) is 24.4 Å². The van der Waals surface area contributed by atoms with Gasteiger partial charge in [-0.1, -0.05) is 32.9 Å². The van der Waals surface area contributed by atoms with Crippen LogP contribution in [0.1, 0.15) is 31.1 Å². The number of ether oxygens (including phenoxy) is 1. The van der Waals surface area contributed by atoms with Gasteiger partial charge in [-0.05, 0) is 17.5 Å². The van der Waals surface area contributed by atoms with E-state index in [4.69, 9.17) is 5.73 Å². The molecule has 1 aromatic rings. The lowest BCUT2D eigenvalue weighted by Gasteiger charge is -2.26. The fourth-order valence-electron chi connectivity index (χ4n) is 1.48. The summed E-state index contributed by atoms with van der Waals surface area (Å²) >= 11 is 0. The van der Waals surface area contributed by atoms with Crippen molar-refractivity contribution in [2.24, 2.45) is 11.1 Å². The predicted molar refractivity (Wildman–Crippen MR) is 73.8 cm³/mol. The quantitative estimate of drug-likeness (QED) is 0.815. The molecule has 1 rings (SSSR count). The molecule has 0 aliphatic rings. The molecule has 0 fully saturated rings. The highest BCUT2D eigenvalue weighted by molar-refractivity contribution is 6.02. The Morgan fingerprint density at radius 2 is 1.84 bits per heavy atom. The van der Waals surface area contributed by atoms with Gasteiger partial charge in [0.2, 0.25) is 5.91 Å². The zero-order chi connectivity index (χ0) is 14.6. The van der Waals surface area contributed by atoms with E-state index < -0.39 is 12.0 Å². The summed E-state index contributed by atoms with van der Waals surface area (Å²) in [4.78, 5) is 23.6. The fraction of sp³-hybridized carbons (Fsp3) is 0.429. The number of rotatable bonds is 3. The van der Waals surface area contributed by atoms with E-state index in [9.17, 15) is 9.59 Å². The van der Waals surface area contributed by atoms with Gasteiger partial charge < -0.3 is 15.8 Å². The first-order valence-electron chi connectivity index (χ1n) is 6.01. The molecule has 0 spiro atoms. The molecule has 0 bridgehead atoms. The molecular formula is C14H20N2O3. The molecule has 5 nitrogen and oxygen atoms in total. The Balaban J connectivity index is 2.95. The minimum atomic E-state index is -0.668. The first-order chi connectivity index (χ1) is 8.77. The van der Waals surface area contributed by atoms with E-state index in [1.165, 1.54) is 7.11 Å². The summed E-state index contributed by atoms with van der Waals surface area (Å²) in [5.74, 6) is -0.830. The average molecular weight is 264 g/mol. The fourth-order valence-corrected chi connectivity index (χ4v) is 1.48. The molecule has 0 aliphatic carbocycles. The molecular weight excluding hydrogens is 244 g/mol. The largest absolute Gasteiger partial charge is 0.465 e. The van der Waals surface area contributed by atoms with E-state index in [2.05, 4.69) is 10.1 Å². The van der Waals surface area contributed by atoms with Crippen LogP contribution in [-0.2, 0) is 9.53 Å². The molecule has 1 atom stereocenters. The van der Waals surface area contributed by atoms with Crippen LogP contribution >= 0.6 is 0 Å². The zero-order valence-corrected chi connectivity index (χ0v) is 11.7. The number of esters is 1. The smallest absolute Gasteiger partial charge is 0.339 e. The minimum absolute atomic E-state index is 0.305. The normalized spacial score (nSPS) is 12.7. The molecule has 0 saturated heterocycles. The van der Waals surface area contributed by atoms with Crippen molar-refractivity contribution in [1.82, 2.24) is 0 Å². The maximum Gasteiger partial charge on any atom is 0.339 e. The number of carbonyl (C=O) groups is 2. The highest BCUT2D eigenvalue weighted by atomic mass is 16.5. The molecule has 0 heterocycles. The lowest BCUT2D eigenvalue weighted by molar-refractivity contribution is -0.119. The van der Waals surface area contributed by atoms with Gasteiger partial charge in [0.1, 0.15) is 0 Å². The Morgan fingerprint density at radius 3 is 2.37 bits per heavy atom. The van der Waals surface area contributed by atoms with Crippen LogP contribution in [-0.4, -0.2) is 25.0 Å². The van der Waals surface area contributed by atoms with Gasteiger partial charge in [-0.15, -0.1) is 0 Å². The SMILES string of the molecule is COC(=O)c1ccccc1NC(=O)[C@H](N)C(C)(C)C. The summed E-state index contributed by atoms with van der Waals surface area (Å²) in [6, 6.07) is 5.98. The van der Waals surface area contributed by atoms with Crippen LogP contribution in [0.2, 0.25) is 0 Å². The number of nitrogens with one attached hydrogen (secondary N) is 1. The summed E-state index contributed by atoms with van der Waals surface area (Å²) in [5, 5.41) is 2.67. The summed E-state index contributed by atoms with van der Waals surface area (Å²) < 4.78 is 4.66. The van der Waals surface area contributed by atoms with Crippen molar-refractivity contribution in [2.75, 3.05) is 12.4 Å². The van der Waals surface area contributed by atoms with E-state index in [-0.39, 0.29) is 11.3 Å². The lowest BCUT2D eigenvalue weighted by Crippen LogP contribution is -2.45. The third-order valence-electron chi connectivity index (χ3n) is 2.81. The minimum Gasteiger partial charge on any atom is -0.465 e. The van der Waals surface area contributed by atoms with Crippen LogP contribution < -0.4 is 11.1 Å². The lowest BCUT2D eigenvalue weighted by atomic mass is 9.87. The van der Waals surface area contributed by atoms with Crippen LogP contribution in [0.4, 0.5) is 5.69 Å². The maximum absolute atomic E-state index is 12.0. The number of anilines is 1. The van der Waals surface area contributed by atoms with E-state index in [0.29, 0.717) is 11.3 Å². The van der Waals surface area contributed by atoms with Crippen LogP contribution in [0.25, 0.3) is 0 Å². The predicted octanol–water partition coefficient (Wildman–Crippen LogP) is 1.79. The number of carbonyl (C=O) groups excluding carboxylic acids is 2. The number of hydrogen-bond donors (Lipinski definition) is 2. The summed E-state index contributed by atoms with van der Waals surface area (Å²) in [6.07, 6.45) is 0. The Morgan fingerprint density at radius 1 is 1.26 bits per heavy atom. The number of hydrogen-bond acceptors (Lipinski definition) is 4. The molecule has 0 aliphatic heterocycles. The molecule has 0 unspecified atom stereocenters. The Kier molecular flexibility index (Phi) is 4.67. The molecule has 1 amide bonds. The van der Waals surface area contributed by atoms with Crippen molar-refractivity contribution in [1.29, 1.82) is 0 Å². The van der Waals surface area contributed by atoms with Crippen molar-refractivity contribution in [2.45, 2.75) is 26.8 Å². The van der Waals surface area contributed by atoms with Crippen molar-refractivity contribution >= 4 is 17.6 Å². The highest BCUT2D eigenvalue weighted by Gasteiger charge is 2.28. The van der Waals surface area contributed by atoms with Crippen molar-refractivity contribution in [3.8, 4) is 0 Å². The number of amides is 1. The van der Waals surface area contributed by atoms with Gasteiger partial charge in [-0.3, -0.25) is 4.79 Å². The number of para-hydroxylation sites is 1. The van der Waals surface area contributed by atoms with Crippen LogP contribution in [0.3, 0.4) is 0 Å². The Labute approximate surface area is 113 Å². The van der Waals surface area contributed by atoms with Crippen LogP contribution in [0, 0.1) is 5.41 Å². The molecule has 104 valence electrons. The van der Waals surface area contributed by atoms with Gasteiger partial charge in [-0.25, -0.2) is 4.79 Å². The van der Waals surface area contributed by atoms with E-state index in [0.717, 1.165) is 0 Å². The average Bonchev–Trinajstić information content (AvgIpc) is 2.36. The zero-order valence-electron chi connectivity index (χ0n) is 11.7. The molecule has 0 radical (unpaired) electrons. The Bertz CT molecular complexity index is 478. The number of benzene rings is 1. The van der Waals surface area contributed by atoms with E-state index in [1.807, 2.05) is 20.8 Å². The topological polar surface area (TPSA) is 81.4 Å². The second kappa shape index (κ2) is 5.84. The van der Waals surface area contributed by atoms with Crippen LogP contribution in [0.5, 0.6) is 0 Å². The molecule has 5 heteroatoms. The first kappa shape index (κ1) is 15.2. The van der Waals surface area contributed by atoms with Crippen LogP contribution in [0.15, 0.2) is 24.3 Å². The Hall–Kier alpha value is -1.88. The van der Waals surface area contributed by atoms with Gasteiger partial charge >= 0.3 is 5.97 Å². The molecule has 0 saturated carbocycles. The second-order valence-corrected chi connectivity index (χ2v) is 5.37. The van der Waals surface area contributed by atoms with Gasteiger partial charge in [-0.2, -0.15) is 0 Å². The number of nitrogens with two attached hydrogens (primary N) is 1. The summed E-state index contributed by atoms with van der Waals surface area (Å²) in [6.45, 7) is 5.64. The summed E-state index contributed by atoms with van der Waals surface area (Å²) in [5.41, 5.74) is 6.22. The first-order valence-corrected chi connectivity index (χ1v) is 6.01. The van der Waals surface area contributed by atoms with E-state index >= 15 is 0 Å². The van der Waals surface area contributed by atoms with Gasteiger partial charge in [0.25, 0.3) is 0 Å². The van der Waals surface area contributed by atoms with Crippen molar-refractivity contribution in [3.05, 3.63) is 29.8 Å². The summed E-state index contributed by atoms with van der Waals surface area (Å²) in [7, 11) is 1.29. The second-order valence-electron chi connectivity index (χ2n) is 5.37. The molecule has 1 aromatic carbocycles.